The maximum Gasteiger partial charge on any atom is 0.237 e. The molecule has 1 amide bonds. The number of anilines is 1. The number of benzene rings is 2. The molecule has 1 fully saturated rings. The molecule has 0 spiro atoms. The molecule has 5 nitrogen and oxygen atoms in total. The highest BCUT2D eigenvalue weighted by Crippen LogP contribution is 2.40. The van der Waals surface area contributed by atoms with Gasteiger partial charge in [0, 0.05) is 16.1 Å². The normalized spacial score (nSPS) is 14.6. The molecule has 0 bridgehead atoms. The van der Waals surface area contributed by atoms with Crippen LogP contribution < -0.4 is 5.32 Å². The van der Waals surface area contributed by atoms with Gasteiger partial charge >= 0.3 is 0 Å². The summed E-state index contributed by atoms with van der Waals surface area (Å²) in [7, 11) is 0. The number of halogens is 1. The number of hydrogen-bond donors (Lipinski definition) is 1. The van der Waals surface area contributed by atoms with E-state index in [9.17, 15) is 4.79 Å². The summed E-state index contributed by atoms with van der Waals surface area (Å²) in [6.45, 7) is 2.63. The van der Waals surface area contributed by atoms with Crippen molar-refractivity contribution in [2.75, 3.05) is 5.32 Å². The third kappa shape index (κ3) is 4.64. The van der Waals surface area contributed by atoms with E-state index in [0.29, 0.717) is 5.92 Å². The zero-order chi connectivity index (χ0) is 19.5. The Bertz CT molecular complexity index is 954. The van der Waals surface area contributed by atoms with E-state index in [0.717, 1.165) is 40.5 Å². The van der Waals surface area contributed by atoms with Crippen LogP contribution in [0.2, 0.25) is 0 Å². The number of carbonyl (C=O) groups is 1. The summed E-state index contributed by atoms with van der Waals surface area (Å²) >= 11 is 4.86. The summed E-state index contributed by atoms with van der Waals surface area (Å²) in [5.41, 5.74) is 1.99. The predicted octanol–water partition coefficient (Wildman–Crippen LogP) is 5.09. The first kappa shape index (κ1) is 19.2. The van der Waals surface area contributed by atoms with Crippen LogP contribution in [0.4, 0.5) is 5.69 Å². The monoisotopic (exact) mass is 456 g/mol. The molecule has 1 heterocycles. The minimum atomic E-state index is -0.283. The van der Waals surface area contributed by atoms with E-state index in [4.69, 9.17) is 0 Å². The van der Waals surface area contributed by atoms with Crippen LogP contribution in [0.3, 0.4) is 0 Å². The number of hydrogen-bond acceptors (Lipinski definition) is 4. The van der Waals surface area contributed by atoms with E-state index in [1.165, 1.54) is 17.3 Å². The molecule has 1 unspecified atom stereocenters. The van der Waals surface area contributed by atoms with Gasteiger partial charge in [0.15, 0.2) is 5.16 Å². The topological polar surface area (TPSA) is 59.8 Å². The minimum absolute atomic E-state index is 0.0467. The van der Waals surface area contributed by atoms with Crippen LogP contribution in [-0.2, 0) is 11.3 Å². The van der Waals surface area contributed by atoms with Crippen molar-refractivity contribution < 1.29 is 4.79 Å². The lowest BCUT2D eigenvalue weighted by molar-refractivity contribution is -0.115. The number of rotatable bonds is 7. The Kier molecular flexibility index (Phi) is 5.82. The molecule has 1 N–H and O–H groups in total. The lowest BCUT2D eigenvalue weighted by Gasteiger charge is -2.14. The van der Waals surface area contributed by atoms with E-state index in [1.54, 1.807) is 0 Å². The van der Waals surface area contributed by atoms with Gasteiger partial charge in [0.2, 0.25) is 5.91 Å². The van der Waals surface area contributed by atoms with Crippen LogP contribution in [0.25, 0.3) is 0 Å². The lowest BCUT2D eigenvalue weighted by atomic mass is 10.2. The molecule has 1 aliphatic rings. The van der Waals surface area contributed by atoms with Gasteiger partial charge in [-0.2, -0.15) is 0 Å². The molecule has 0 saturated heterocycles. The van der Waals surface area contributed by atoms with Gasteiger partial charge in [-0.25, -0.2) is 0 Å². The number of thioether (sulfide) groups is 1. The summed E-state index contributed by atoms with van der Waals surface area (Å²) in [4.78, 5) is 12.6. The Morgan fingerprint density at radius 2 is 1.89 bits per heavy atom. The molecular formula is C21H21BrN4OS. The maximum atomic E-state index is 12.6. The number of nitrogens with one attached hydrogen (secondary N) is 1. The van der Waals surface area contributed by atoms with Gasteiger partial charge in [0.05, 0.1) is 11.8 Å². The van der Waals surface area contributed by atoms with Crippen LogP contribution in [-0.4, -0.2) is 25.9 Å². The predicted molar refractivity (Wildman–Crippen MR) is 116 cm³/mol. The summed E-state index contributed by atoms with van der Waals surface area (Å²) in [5, 5.41) is 12.3. The van der Waals surface area contributed by atoms with Gasteiger partial charge in [-0.15, -0.1) is 10.2 Å². The fourth-order valence-corrected chi connectivity index (χ4v) is 4.05. The van der Waals surface area contributed by atoms with Crippen molar-refractivity contribution in [2.45, 2.75) is 42.6 Å². The van der Waals surface area contributed by atoms with Crippen LogP contribution in [0.5, 0.6) is 0 Å². The van der Waals surface area contributed by atoms with Crippen molar-refractivity contribution in [2.24, 2.45) is 0 Å². The van der Waals surface area contributed by atoms with E-state index in [1.807, 2.05) is 49.4 Å². The fraction of sp³-hybridized carbons (Fsp3) is 0.286. The number of carbonyl (C=O) groups excluding carboxylic acids is 1. The van der Waals surface area contributed by atoms with Gasteiger partial charge in [0.25, 0.3) is 0 Å². The number of aromatic nitrogens is 3. The van der Waals surface area contributed by atoms with Crippen molar-refractivity contribution in [3.63, 3.8) is 0 Å². The van der Waals surface area contributed by atoms with Crippen molar-refractivity contribution in [3.05, 3.63) is 70.5 Å². The molecule has 4 rings (SSSR count). The van der Waals surface area contributed by atoms with E-state index < -0.39 is 0 Å². The zero-order valence-corrected chi connectivity index (χ0v) is 17.9. The van der Waals surface area contributed by atoms with Gasteiger partial charge in [0.1, 0.15) is 5.82 Å². The molecule has 28 heavy (non-hydrogen) atoms. The van der Waals surface area contributed by atoms with E-state index in [-0.39, 0.29) is 11.2 Å². The second kappa shape index (κ2) is 8.49. The standard InChI is InChI=1S/C21H21BrN4OS/c1-14(20(27)23-18-11-9-17(22)10-12-18)28-21-25-24-19(16-7-8-16)26(21)13-15-5-3-2-4-6-15/h2-6,9-12,14,16H,7-8,13H2,1H3,(H,23,27). The third-order valence-corrected chi connectivity index (χ3v) is 6.24. The Balaban J connectivity index is 1.49. The Morgan fingerprint density at radius 3 is 2.57 bits per heavy atom. The number of nitrogens with zero attached hydrogens (tertiary/aromatic N) is 3. The quantitative estimate of drug-likeness (QED) is 0.503. The SMILES string of the molecule is CC(Sc1nnc(C2CC2)n1Cc1ccccc1)C(=O)Nc1ccc(Br)cc1. The van der Waals surface area contributed by atoms with E-state index in [2.05, 4.69) is 48.1 Å². The first-order valence-corrected chi connectivity index (χ1v) is 11.0. The lowest BCUT2D eigenvalue weighted by Crippen LogP contribution is -2.23. The van der Waals surface area contributed by atoms with Crippen LogP contribution >= 0.6 is 27.7 Å². The van der Waals surface area contributed by atoms with E-state index >= 15 is 0 Å². The fourth-order valence-electron chi connectivity index (χ4n) is 2.93. The molecule has 1 aliphatic carbocycles. The van der Waals surface area contributed by atoms with Crippen molar-refractivity contribution in [1.29, 1.82) is 0 Å². The maximum absolute atomic E-state index is 12.6. The molecule has 144 valence electrons. The van der Waals surface area contributed by atoms with Gasteiger partial charge in [-0.05, 0) is 49.6 Å². The first-order chi connectivity index (χ1) is 13.6. The third-order valence-electron chi connectivity index (χ3n) is 4.63. The molecule has 1 atom stereocenters. The molecule has 2 aromatic carbocycles. The highest BCUT2D eigenvalue weighted by atomic mass is 79.9. The molecule has 7 heteroatoms. The van der Waals surface area contributed by atoms with Crippen molar-refractivity contribution in [3.8, 4) is 0 Å². The minimum Gasteiger partial charge on any atom is -0.325 e. The average Bonchev–Trinajstić information content (AvgIpc) is 3.48. The molecular weight excluding hydrogens is 436 g/mol. The Labute approximate surface area is 177 Å². The summed E-state index contributed by atoms with van der Waals surface area (Å²) in [6.07, 6.45) is 2.33. The average molecular weight is 457 g/mol. The Morgan fingerprint density at radius 1 is 1.18 bits per heavy atom. The molecule has 1 saturated carbocycles. The summed E-state index contributed by atoms with van der Waals surface area (Å²) in [5.74, 6) is 1.49. The molecule has 3 aromatic rings. The molecule has 0 aliphatic heterocycles. The van der Waals surface area contributed by atoms with Crippen LogP contribution in [0.15, 0.2) is 64.2 Å². The summed E-state index contributed by atoms with van der Waals surface area (Å²) < 4.78 is 3.15. The first-order valence-electron chi connectivity index (χ1n) is 9.30. The second-order valence-corrected chi connectivity index (χ2v) is 9.17. The van der Waals surface area contributed by atoms with Crippen molar-refractivity contribution in [1.82, 2.24) is 14.8 Å². The highest BCUT2D eigenvalue weighted by molar-refractivity contribution is 9.10. The molecule has 0 radical (unpaired) electrons. The van der Waals surface area contributed by atoms with Crippen LogP contribution in [0, 0.1) is 0 Å². The largest absolute Gasteiger partial charge is 0.325 e. The van der Waals surface area contributed by atoms with Crippen molar-refractivity contribution >= 4 is 39.3 Å². The highest BCUT2D eigenvalue weighted by Gasteiger charge is 2.31. The van der Waals surface area contributed by atoms with Gasteiger partial charge in [-0.3, -0.25) is 4.79 Å². The zero-order valence-electron chi connectivity index (χ0n) is 15.5. The number of amides is 1. The van der Waals surface area contributed by atoms with Crippen LogP contribution in [0.1, 0.15) is 37.1 Å². The molecule has 1 aromatic heterocycles. The summed E-state index contributed by atoms with van der Waals surface area (Å²) in [6, 6.07) is 17.9. The Hall–Kier alpha value is -2.12. The smallest absolute Gasteiger partial charge is 0.237 e. The second-order valence-electron chi connectivity index (χ2n) is 6.94. The van der Waals surface area contributed by atoms with Gasteiger partial charge < -0.3 is 9.88 Å². The van der Waals surface area contributed by atoms with Gasteiger partial charge in [-0.1, -0.05) is 58.0 Å².